The second-order valence-electron chi connectivity index (χ2n) is 5.15. The summed E-state index contributed by atoms with van der Waals surface area (Å²) in [4.78, 5) is 1.34. The Labute approximate surface area is 121 Å². The molecule has 0 radical (unpaired) electrons. The van der Waals surface area contributed by atoms with Gasteiger partial charge in [0.25, 0.3) is 0 Å². The summed E-state index contributed by atoms with van der Waals surface area (Å²) in [7, 11) is 0. The molecule has 19 heavy (non-hydrogen) atoms. The molecule has 1 aromatic rings. The minimum Gasteiger partial charge on any atom is -0.381 e. The maximum Gasteiger partial charge on any atom is 0.0469 e. The van der Waals surface area contributed by atoms with E-state index in [1.807, 2.05) is 0 Å². The molecule has 0 aromatic heterocycles. The summed E-state index contributed by atoms with van der Waals surface area (Å²) in [5, 5.41) is 3.73. The van der Waals surface area contributed by atoms with Gasteiger partial charge in [0, 0.05) is 24.2 Å². The molecule has 3 heteroatoms. The average molecular weight is 279 g/mol. The van der Waals surface area contributed by atoms with Crippen LogP contribution in [0.2, 0.25) is 0 Å². The van der Waals surface area contributed by atoms with Gasteiger partial charge in [0.1, 0.15) is 0 Å². The summed E-state index contributed by atoms with van der Waals surface area (Å²) in [5.41, 5.74) is 1.43. The minimum atomic E-state index is 0.486. The van der Waals surface area contributed by atoms with Crippen LogP contribution in [0.1, 0.15) is 37.8 Å². The fourth-order valence-corrected chi connectivity index (χ4v) is 3.13. The minimum absolute atomic E-state index is 0.486. The van der Waals surface area contributed by atoms with Crippen molar-refractivity contribution in [2.24, 2.45) is 5.92 Å². The largest absolute Gasteiger partial charge is 0.381 e. The highest BCUT2D eigenvalue weighted by Crippen LogP contribution is 2.31. The molecule has 2 rings (SSSR count). The van der Waals surface area contributed by atoms with Crippen LogP contribution in [0.15, 0.2) is 29.2 Å². The van der Waals surface area contributed by atoms with E-state index < -0.39 is 0 Å². The van der Waals surface area contributed by atoms with E-state index in [1.54, 1.807) is 11.8 Å². The fraction of sp³-hybridized carbons (Fsp3) is 0.625. The lowest BCUT2D eigenvalue weighted by molar-refractivity contribution is 0.0536. The van der Waals surface area contributed by atoms with Gasteiger partial charge in [0.2, 0.25) is 0 Å². The molecule has 0 saturated carbocycles. The zero-order valence-corrected chi connectivity index (χ0v) is 12.8. The first-order chi connectivity index (χ1) is 9.35. The van der Waals surface area contributed by atoms with Crippen molar-refractivity contribution in [1.29, 1.82) is 0 Å². The molecule has 1 aliphatic rings. The second-order valence-corrected chi connectivity index (χ2v) is 6.03. The molecule has 1 unspecified atom stereocenters. The maximum absolute atomic E-state index is 5.50. The first kappa shape index (κ1) is 14.9. The molecule has 1 atom stereocenters. The van der Waals surface area contributed by atoms with Crippen molar-refractivity contribution in [3.05, 3.63) is 29.8 Å². The molecule has 1 N–H and O–H groups in total. The summed E-state index contributed by atoms with van der Waals surface area (Å²) < 4.78 is 5.50. The van der Waals surface area contributed by atoms with E-state index in [1.165, 1.54) is 29.7 Å². The van der Waals surface area contributed by atoms with Gasteiger partial charge in [0.05, 0.1) is 0 Å². The van der Waals surface area contributed by atoms with Crippen LogP contribution in [-0.4, -0.2) is 26.0 Å². The number of thioether (sulfide) groups is 1. The van der Waals surface area contributed by atoms with Gasteiger partial charge in [-0.3, -0.25) is 0 Å². The molecule has 1 heterocycles. The smallest absolute Gasteiger partial charge is 0.0469 e. The number of hydrogen-bond acceptors (Lipinski definition) is 3. The van der Waals surface area contributed by atoms with Crippen LogP contribution in [-0.2, 0) is 4.74 Å². The SMILES string of the molecule is CCCNC(c1ccc(SC)cc1)C1CCOCC1. The highest BCUT2D eigenvalue weighted by molar-refractivity contribution is 7.98. The van der Waals surface area contributed by atoms with Gasteiger partial charge in [-0.1, -0.05) is 19.1 Å². The topological polar surface area (TPSA) is 21.3 Å². The van der Waals surface area contributed by atoms with Gasteiger partial charge in [-0.25, -0.2) is 0 Å². The van der Waals surface area contributed by atoms with Gasteiger partial charge in [-0.15, -0.1) is 11.8 Å². The normalized spacial score (nSPS) is 18.4. The van der Waals surface area contributed by atoms with E-state index >= 15 is 0 Å². The van der Waals surface area contributed by atoms with E-state index in [4.69, 9.17) is 4.74 Å². The molecule has 2 nitrogen and oxygen atoms in total. The van der Waals surface area contributed by atoms with E-state index in [9.17, 15) is 0 Å². The van der Waals surface area contributed by atoms with Crippen molar-refractivity contribution in [3.63, 3.8) is 0 Å². The van der Waals surface area contributed by atoms with Crippen LogP contribution in [0, 0.1) is 5.92 Å². The summed E-state index contributed by atoms with van der Waals surface area (Å²) in [5.74, 6) is 0.709. The molecular formula is C16H25NOS. The third-order valence-electron chi connectivity index (χ3n) is 3.83. The Bertz CT molecular complexity index is 360. The first-order valence-electron chi connectivity index (χ1n) is 7.30. The van der Waals surface area contributed by atoms with Crippen molar-refractivity contribution < 1.29 is 4.74 Å². The van der Waals surface area contributed by atoms with Crippen LogP contribution in [0.4, 0.5) is 0 Å². The van der Waals surface area contributed by atoms with Crippen molar-refractivity contribution >= 4 is 11.8 Å². The van der Waals surface area contributed by atoms with Crippen molar-refractivity contribution in [2.75, 3.05) is 26.0 Å². The number of rotatable bonds is 6. The number of benzene rings is 1. The van der Waals surface area contributed by atoms with Crippen molar-refractivity contribution in [2.45, 2.75) is 37.1 Å². The molecule has 0 amide bonds. The molecule has 0 aliphatic carbocycles. The highest BCUT2D eigenvalue weighted by atomic mass is 32.2. The Morgan fingerprint density at radius 3 is 2.53 bits per heavy atom. The number of ether oxygens (including phenoxy) is 1. The van der Waals surface area contributed by atoms with Gasteiger partial charge < -0.3 is 10.1 Å². The Kier molecular flexibility index (Phi) is 6.21. The zero-order chi connectivity index (χ0) is 13.5. The first-order valence-corrected chi connectivity index (χ1v) is 8.52. The Morgan fingerprint density at radius 2 is 1.95 bits per heavy atom. The van der Waals surface area contributed by atoms with Gasteiger partial charge >= 0.3 is 0 Å². The van der Waals surface area contributed by atoms with E-state index in [0.717, 1.165) is 19.8 Å². The molecule has 0 bridgehead atoms. The van der Waals surface area contributed by atoms with E-state index in [2.05, 4.69) is 42.8 Å². The molecule has 1 fully saturated rings. The monoisotopic (exact) mass is 279 g/mol. The van der Waals surface area contributed by atoms with E-state index in [0.29, 0.717) is 12.0 Å². The lowest BCUT2D eigenvalue weighted by atomic mass is 9.87. The Balaban J connectivity index is 2.10. The zero-order valence-electron chi connectivity index (χ0n) is 12.0. The predicted octanol–water partition coefficient (Wildman–Crippen LogP) is 3.88. The van der Waals surface area contributed by atoms with Gasteiger partial charge in [-0.2, -0.15) is 0 Å². The quantitative estimate of drug-likeness (QED) is 0.799. The average Bonchev–Trinajstić information content (AvgIpc) is 2.49. The third kappa shape index (κ3) is 4.23. The maximum atomic E-state index is 5.50. The van der Waals surface area contributed by atoms with Crippen LogP contribution in [0.5, 0.6) is 0 Å². The van der Waals surface area contributed by atoms with Crippen LogP contribution < -0.4 is 5.32 Å². The molecule has 106 valence electrons. The highest BCUT2D eigenvalue weighted by Gasteiger charge is 2.24. The molecule has 0 spiro atoms. The molecule has 1 saturated heterocycles. The Hall–Kier alpha value is -0.510. The van der Waals surface area contributed by atoms with Crippen LogP contribution in [0.3, 0.4) is 0 Å². The standard InChI is InChI=1S/C16H25NOS/c1-3-10-17-16(14-8-11-18-12-9-14)13-4-6-15(19-2)7-5-13/h4-7,14,16-17H,3,8-12H2,1-2H3. The Morgan fingerprint density at radius 1 is 1.26 bits per heavy atom. The number of hydrogen-bond donors (Lipinski definition) is 1. The van der Waals surface area contributed by atoms with Crippen LogP contribution in [0.25, 0.3) is 0 Å². The third-order valence-corrected chi connectivity index (χ3v) is 4.57. The van der Waals surface area contributed by atoms with Gasteiger partial charge in [-0.05, 0) is 55.7 Å². The van der Waals surface area contributed by atoms with Gasteiger partial charge in [0.15, 0.2) is 0 Å². The molecule has 1 aromatic carbocycles. The fourth-order valence-electron chi connectivity index (χ4n) is 2.72. The summed E-state index contributed by atoms with van der Waals surface area (Å²) in [6, 6.07) is 9.53. The summed E-state index contributed by atoms with van der Waals surface area (Å²) >= 11 is 1.80. The van der Waals surface area contributed by atoms with Crippen molar-refractivity contribution in [3.8, 4) is 0 Å². The van der Waals surface area contributed by atoms with E-state index in [-0.39, 0.29) is 0 Å². The predicted molar refractivity (Wildman–Crippen MR) is 82.8 cm³/mol. The summed E-state index contributed by atoms with van der Waals surface area (Å²) in [6.07, 6.45) is 5.65. The molecule has 1 aliphatic heterocycles. The molecular weight excluding hydrogens is 254 g/mol. The summed E-state index contributed by atoms with van der Waals surface area (Å²) in [6.45, 7) is 5.15. The van der Waals surface area contributed by atoms with Crippen LogP contribution >= 0.6 is 11.8 Å². The number of nitrogens with one attached hydrogen (secondary N) is 1. The lowest BCUT2D eigenvalue weighted by Gasteiger charge is -2.31. The second kappa shape index (κ2) is 7.93. The lowest BCUT2D eigenvalue weighted by Crippen LogP contribution is -2.32. The van der Waals surface area contributed by atoms with Crippen molar-refractivity contribution in [1.82, 2.24) is 5.32 Å².